The Morgan fingerprint density at radius 1 is 1.31 bits per heavy atom. The highest BCUT2D eigenvalue weighted by molar-refractivity contribution is 7.21. The van der Waals surface area contributed by atoms with Crippen LogP contribution < -0.4 is 10.6 Å². The van der Waals surface area contributed by atoms with E-state index in [1.165, 1.54) is 11.3 Å². The van der Waals surface area contributed by atoms with Crippen LogP contribution in [-0.4, -0.2) is 63.4 Å². The van der Waals surface area contributed by atoms with Crippen molar-refractivity contribution in [3.63, 3.8) is 0 Å². The van der Waals surface area contributed by atoms with Crippen molar-refractivity contribution in [1.82, 2.24) is 24.8 Å². The van der Waals surface area contributed by atoms with E-state index < -0.39 is 0 Å². The van der Waals surface area contributed by atoms with Gasteiger partial charge in [-0.3, -0.25) is 4.79 Å². The van der Waals surface area contributed by atoms with Gasteiger partial charge in [0.2, 0.25) is 0 Å². The van der Waals surface area contributed by atoms with E-state index in [0.29, 0.717) is 41.4 Å². The van der Waals surface area contributed by atoms with Crippen molar-refractivity contribution < 1.29 is 14.6 Å². The third-order valence-corrected chi connectivity index (χ3v) is 7.56. The largest absolute Gasteiger partial charge is 0.396 e. The number of thiophene rings is 1. The van der Waals surface area contributed by atoms with Gasteiger partial charge in [0.25, 0.3) is 5.91 Å². The van der Waals surface area contributed by atoms with Crippen molar-refractivity contribution in [2.24, 2.45) is 13.0 Å². The molecule has 0 saturated heterocycles. The molecule has 3 aromatic rings. The fourth-order valence-corrected chi connectivity index (χ4v) is 5.62. The fourth-order valence-electron chi connectivity index (χ4n) is 4.51. The van der Waals surface area contributed by atoms with Crippen LogP contribution in [0, 0.1) is 5.92 Å². The SMILES string of the molecule is COCCNC(=O)c1sc2nc(-c3nccn3C)nc(NC3CC(CO)C3)c2c1C1=CC=CCC=C1. The molecule has 2 aliphatic carbocycles. The lowest BCUT2D eigenvalue weighted by Crippen LogP contribution is -2.37. The number of hydrogen-bond donors (Lipinski definition) is 3. The monoisotopic (exact) mass is 506 g/mol. The van der Waals surface area contributed by atoms with Gasteiger partial charge in [-0.05, 0) is 30.8 Å². The van der Waals surface area contributed by atoms with E-state index in [1.54, 1.807) is 13.3 Å². The van der Waals surface area contributed by atoms with E-state index in [4.69, 9.17) is 14.7 Å². The molecule has 188 valence electrons. The van der Waals surface area contributed by atoms with Crippen LogP contribution in [-0.2, 0) is 11.8 Å². The van der Waals surface area contributed by atoms with Crippen LogP contribution in [0.4, 0.5) is 5.82 Å². The van der Waals surface area contributed by atoms with E-state index in [9.17, 15) is 9.90 Å². The Labute approximate surface area is 213 Å². The zero-order chi connectivity index (χ0) is 25.1. The number of fused-ring (bicyclic) bond motifs is 1. The first-order valence-electron chi connectivity index (χ1n) is 12.1. The van der Waals surface area contributed by atoms with E-state index in [1.807, 2.05) is 30.0 Å². The molecule has 0 spiro atoms. The number of aromatic nitrogens is 4. The van der Waals surface area contributed by atoms with Crippen molar-refractivity contribution in [1.29, 1.82) is 0 Å². The number of aliphatic hydroxyl groups excluding tert-OH is 1. The molecule has 36 heavy (non-hydrogen) atoms. The van der Waals surface area contributed by atoms with Gasteiger partial charge in [0.15, 0.2) is 11.6 Å². The minimum Gasteiger partial charge on any atom is -0.396 e. The number of imidazole rings is 1. The van der Waals surface area contributed by atoms with Crippen LogP contribution in [0.2, 0.25) is 0 Å². The Hall–Kier alpha value is -3.34. The number of nitrogens with one attached hydrogen (secondary N) is 2. The van der Waals surface area contributed by atoms with Crippen molar-refractivity contribution in [3.05, 3.63) is 53.2 Å². The quantitative estimate of drug-likeness (QED) is 0.380. The van der Waals surface area contributed by atoms with Crippen molar-refractivity contribution in [2.75, 3.05) is 32.2 Å². The Kier molecular flexibility index (Phi) is 7.26. The molecular weight excluding hydrogens is 476 g/mol. The Balaban J connectivity index is 1.68. The first-order chi connectivity index (χ1) is 17.6. The van der Waals surface area contributed by atoms with E-state index >= 15 is 0 Å². The predicted molar refractivity (Wildman–Crippen MR) is 142 cm³/mol. The van der Waals surface area contributed by atoms with E-state index in [2.05, 4.69) is 33.8 Å². The highest BCUT2D eigenvalue weighted by atomic mass is 32.1. The molecule has 0 radical (unpaired) electrons. The molecule has 1 saturated carbocycles. The van der Waals surface area contributed by atoms with Gasteiger partial charge in [0.1, 0.15) is 15.5 Å². The summed E-state index contributed by atoms with van der Waals surface area (Å²) in [5.41, 5.74) is 1.75. The molecule has 1 amide bonds. The summed E-state index contributed by atoms with van der Waals surface area (Å²) in [6.07, 6.45) is 16.4. The number of ether oxygens (including phenoxy) is 1. The summed E-state index contributed by atoms with van der Waals surface area (Å²) < 4.78 is 6.99. The third kappa shape index (κ3) is 4.84. The summed E-state index contributed by atoms with van der Waals surface area (Å²) >= 11 is 1.36. The van der Waals surface area contributed by atoms with Crippen molar-refractivity contribution in [3.8, 4) is 11.6 Å². The molecule has 3 N–H and O–H groups in total. The Morgan fingerprint density at radius 2 is 2.17 bits per heavy atom. The molecular formula is C26H30N6O3S. The normalized spacial score (nSPS) is 19.1. The summed E-state index contributed by atoms with van der Waals surface area (Å²) in [5, 5.41) is 16.9. The number of aryl methyl sites for hydroxylation is 1. The summed E-state index contributed by atoms with van der Waals surface area (Å²) in [4.78, 5) is 28.9. The molecule has 0 bridgehead atoms. The summed E-state index contributed by atoms with van der Waals surface area (Å²) in [5.74, 6) is 1.97. The van der Waals surface area contributed by atoms with E-state index in [0.717, 1.165) is 40.6 Å². The van der Waals surface area contributed by atoms with Crippen LogP contribution >= 0.6 is 11.3 Å². The summed E-state index contributed by atoms with van der Waals surface area (Å²) in [6.45, 7) is 1.04. The molecule has 9 nitrogen and oxygen atoms in total. The molecule has 0 unspecified atom stereocenters. The molecule has 2 aliphatic rings. The number of amides is 1. The smallest absolute Gasteiger partial charge is 0.262 e. The third-order valence-electron chi connectivity index (χ3n) is 6.48. The second-order valence-electron chi connectivity index (χ2n) is 9.04. The standard InChI is InChI=1S/C26H30N6O3S/c1-32-11-9-27-24(32)23-30-22(29-18-13-16(14-18)15-33)20-19(17-7-5-3-4-6-8-17)21(36-26(20)31-23)25(34)28-10-12-35-2/h3,5-9,11,16,18,33H,4,10,12-15H2,1-2H3,(H,28,34)(H,29,30,31). The van der Waals surface area contributed by atoms with Gasteiger partial charge in [-0.15, -0.1) is 11.3 Å². The molecule has 0 atom stereocenters. The first kappa shape index (κ1) is 24.4. The maximum Gasteiger partial charge on any atom is 0.262 e. The van der Waals surface area contributed by atoms with Gasteiger partial charge in [-0.25, -0.2) is 15.0 Å². The van der Waals surface area contributed by atoms with Gasteiger partial charge in [0, 0.05) is 51.3 Å². The van der Waals surface area contributed by atoms with Crippen LogP contribution in [0.1, 0.15) is 34.5 Å². The molecule has 10 heteroatoms. The van der Waals surface area contributed by atoms with Crippen LogP contribution in [0.5, 0.6) is 0 Å². The average Bonchev–Trinajstić information content (AvgIpc) is 3.35. The number of rotatable bonds is 9. The van der Waals surface area contributed by atoms with Gasteiger partial charge < -0.3 is 25.0 Å². The van der Waals surface area contributed by atoms with Crippen LogP contribution in [0.3, 0.4) is 0 Å². The molecule has 1 fully saturated rings. The number of nitrogens with zero attached hydrogens (tertiary/aromatic N) is 4. The summed E-state index contributed by atoms with van der Waals surface area (Å²) in [6, 6.07) is 0.194. The van der Waals surface area contributed by atoms with Crippen molar-refractivity contribution in [2.45, 2.75) is 25.3 Å². The number of carbonyl (C=O) groups is 1. The lowest BCUT2D eigenvalue weighted by atomic mass is 9.81. The molecule has 0 aliphatic heterocycles. The zero-order valence-electron chi connectivity index (χ0n) is 20.4. The van der Waals surface area contributed by atoms with E-state index in [-0.39, 0.29) is 18.6 Å². The lowest BCUT2D eigenvalue weighted by molar-refractivity contribution is 0.0941. The van der Waals surface area contributed by atoms with Gasteiger partial charge in [0.05, 0.1) is 12.0 Å². The van der Waals surface area contributed by atoms with Gasteiger partial charge in [-0.1, -0.05) is 30.4 Å². The summed E-state index contributed by atoms with van der Waals surface area (Å²) in [7, 11) is 3.52. The van der Waals surface area contributed by atoms with Crippen LogP contribution in [0.15, 0.2) is 42.8 Å². The topological polar surface area (TPSA) is 114 Å². The van der Waals surface area contributed by atoms with Gasteiger partial charge in [-0.2, -0.15) is 0 Å². The second-order valence-corrected chi connectivity index (χ2v) is 10.0. The zero-order valence-corrected chi connectivity index (χ0v) is 21.2. The van der Waals surface area contributed by atoms with Crippen molar-refractivity contribution >= 4 is 38.9 Å². The van der Waals surface area contributed by atoms with Gasteiger partial charge >= 0.3 is 0 Å². The lowest BCUT2D eigenvalue weighted by Gasteiger charge is -2.35. The molecule has 3 heterocycles. The molecule has 3 aromatic heterocycles. The molecule has 0 aromatic carbocycles. The number of methoxy groups -OCH3 is 1. The predicted octanol–water partition coefficient (Wildman–Crippen LogP) is 3.55. The number of hydrogen-bond acceptors (Lipinski definition) is 8. The highest BCUT2D eigenvalue weighted by Gasteiger charge is 2.31. The fraction of sp³-hybridized carbons (Fsp3) is 0.385. The Bertz CT molecular complexity index is 1350. The minimum atomic E-state index is -0.166. The molecule has 5 rings (SSSR count). The number of aliphatic hydroxyl groups is 1. The maximum atomic E-state index is 13.4. The maximum absolute atomic E-state index is 13.4. The number of anilines is 1. The Morgan fingerprint density at radius 3 is 2.92 bits per heavy atom. The average molecular weight is 507 g/mol. The first-order valence-corrected chi connectivity index (χ1v) is 12.9. The van der Waals surface area contributed by atoms with Crippen LogP contribution in [0.25, 0.3) is 27.4 Å². The minimum absolute atomic E-state index is 0.166. The highest BCUT2D eigenvalue weighted by Crippen LogP contribution is 2.42. The second kappa shape index (κ2) is 10.7. The number of allylic oxidation sites excluding steroid dienone is 6. The number of carbonyl (C=O) groups excluding carboxylic acids is 1.